The van der Waals surface area contributed by atoms with E-state index >= 15 is 0 Å². The minimum atomic E-state index is -0.267. The Labute approximate surface area is 120 Å². The predicted octanol–water partition coefficient (Wildman–Crippen LogP) is 1.18. The van der Waals surface area contributed by atoms with Gasteiger partial charge in [-0.25, -0.2) is 0 Å². The van der Waals surface area contributed by atoms with Crippen LogP contribution in [0.15, 0.2) is 24.3 Å². The molecule has 1 unspecified atom stereocenters. The molecule has 0 aliphatic rings. The first-order valence-electron chi connectivity index (χ1n) is 7.07. The third-order valence-corrected chi connectivity index (χ3v) is 3.28. The summed E-state index contributed by atoms with van der Waals surface area (Å²) >= 11 is 0. The maximum absolute atomic E-state index is 12.2. The highest BCUT2D eigenvalue weighted by molar-refractivity contribution is 5.94. The van der Waals surface area contributed by atoms with Crippen molar-refractivity contribution in [3.8, 4) is 0 Å². The number of aliphatic hydroxyl groups excluding tert-OH is 1. The van der Waals surface area contributed by atoms with Crippen molar-refractivity contribution in [1.29, 1.82) is 0 Å². The lowest BCUT2D eigenvalue weighted by Gasteiger charge is -2.27. The van der Waals surface area contributed by atoms with Gasteiger partial charge in [0, 0.05) is 18.8 Å². The monoisotopic (exact) mass is 279 g/mol. The Morgan fingerprint density at radius 1 is 1.35 bits per heavy atom. The summed E-state index contributed by atoms with van der Waals surface area (Å²) in [7, 11) is 0. The molecule has 0 heterocycles. The van der Waals surface area contributed by atoms with Gasteiger partial charge in [-0.05, 0) is 37.6 Å². The van der Waals surface area contributed by atoms with E-state index in [4.69, 9.17) is 10.8 Å². The lowest BCUT2D eigenvalue weighted by Crippen LogP contribution is -2.43. The Morgan fingerprint density at radius 2 is 2.00 bits per heavy atom. The van der Waals surface area contributed by atoms with E-state index in [0.29, 0.717) is 13.1 Å². The maximum Gasteiger partial charge on any atom is 0.241 e. The summed E-state index contributed by atoms with van der Waals surface area (Å²) < 4.78 is 0. The van der Waals surface area contributed by atoms with E-state index in [9.17, 15) is 4.79 Å². The molecule has 1 amide bonds. The molecular weight excluding hydrogens is 254 g/mol. The summed E-state index contributed by atoms with van der Waals surface area (Å²) in [5.74, 6) is -0.0626. The van der Waals surface area contributed by atoms with Crippen LogP contribution in [0.25, 0.3) is 0 Å². The van der Waals surface area contributed by atoms with Crippen molar-refractivity contribution < 1.29 is 9.90 Å². The minimum absolute atomic E-state index is 0.0584. The zero-order valence-corrected chi connectivity index (χ0v) is 12.3. The Morgan fingerprint density at radius 3 is 2.50 bits per heavy atom. The molecule has 0 aromatic heterocycles. The Bertz CT molecular complexity index is 400. The first-order valence-corrected chi connectivity index (χ1v) is 7.07. The highest BCUT2D eigenvalue weighted by Crippen LogP contribution is 2.11. The van der Waals surface area contributed by atoms with Crippen LogP contribution >= 0.6 is 0 Å². The SMILES string of the molecule is CCCN(CCO)C(C)C(=O)Nc1ccc(CN)cc1. The van der Waals surface area contributed by atoms with Crippen LogP contribution in [-0.4, -0.2) is 41.7 Å². The van der Waals surface area contributed by atoms with Gasteiger partial charge in [-0.3, -0.25) is 9.69 Å². The normalized spacial score (nSPS) is 12.4. The molecule has 1 atom stereocenters. The number of carbonyl (C=O) groups is 1. The molecule has 0 saturated carbocycles. The average molecular weight is 279 g/mol. The Hall–Kier alpha value is -1.43. The van der Waals surface area contributed by atoms with Crippen molar-refractivity contribution in [2.45, 2.75) is 32.9 Å². The maximum atomic E-state index is 12.2. The first-order chi connectivity index (χ1) is 9.62. The van der Waals surface area contributed by atoms with Crippen LogP contribution in [0.1, 0.15) is 25.8 Å². The van der Waals surface area contributed by atoms with Crippen molar-refractivity contribution in [2.75, 3.05) is 25.0 Å². The van der Waals surface area contributed by atoms with E-state index in [2.05, 4.69) is 12.2 Å². The summed E-state index contributed by atoms with van der Waals surface area (Å²) in [6.45, 7) is 5.76. The smallest absolute Gasteiger partial charge is 0.241 e. The molecule has 4 N–H and O–H groups in total. The molecule has 20 heavy (non-hydrogen) atoms. The largest absolute Gasteiger partial charge is 0.395 e. The van der Waals surface area contributed by atoms with E-state index in [0.717, 1.165) is 24.2 Å². The molecule has 0 spiro atoms. The second kappa shape index (κ2) is 8.68. The molecule has 0 fully saturated rings. The third kappa shape index (κ3) is 4.92. The molecule has 1 rings (SSSR count). The number of rotatable bonds is 8. The Balaban J connectivity index is 2.62. The summed E-state index contributed by atoms with van der Waals surface area (Å²) in [4.78, 5) is 14.2. The molecule has 112 valence electrons. The van der Waals surface area contributed by atoms with Gasteiger partial charge in [-0.15, -0.1) is 0 Å². The number of nitrogens with zero attached hydrogens (tertiary/aromatic N) is 1. The fraction of sp³-hybridized carbons (Fsp3) is 0.533. The number of hydrogen-bond donors (Lipinski definition) is 3. The van der Waals surface area contributed by atoms with Crippen LogP contribution in [0.3, 0.4) is 0 Å². The summed E-state index contributed by atoms with van der Waals surface area (Å²) in [6.07, 6.45) is 0.947. The number of nitrogens with one attached hydrogen (secondary N) is 1. The van der Waals surface area contributed by atoms with Crippen LogP contribution in [0.5, 0.6) is 0 Å². The Kier molecular flexibility index (Phi) is 7.22. The zero-order chi connectivity index (χ0) is 15.0. The van der Waals surface area contributed by atoms with Crippen molar-refractivity contribution in [3.63, 3.8) is 0 Å². The van der Waals surface area contributed by atoms with Crippen LogP contribution in [-0.2, 0) is 11.3 Å². The predicted molar refractivity (Wildman–Crippen MR) is 81.4 cm³/mol. The van der Waals surface area contributed by atoms with Gasteiger partial charge in [-0.2, -0.15) is 0 Å². The summed E-state index contributed by atoms with van der Waals surface area (Å²) in [5, 5.41) is 11.9. The molecule has 0 aliphatic carbocycles. The molecule has 0 radical (unpaired) electrons. The second-order valence-corrected chi connectivity index (χ2v) is 4.83. The van der Waals surface area contributed by atoms with Gasteiger partial charge < -0.3 is 16.2 Å². The lowest BCUT2D eigenvalue weighted by molar-refractivity contribution is -0.120. The van der Waals surface area contributed by atoms with Gasteiger partial charge in [0.15, 0.2) is 0 Å². The van der Waals surface area contributed by atoms with Gasteiger partial charge >= 0.3 is 0 Å². The quantitative estimate of drug-likeness (QED) is 0.667. The molecular formula is C15H25N3O2. The molecule has 5 nitrogen and oxygen atoms in total. The fourth-order valence-electron chi connectivity index (χ4n) is 2.05. The number of carbonyl (C=O) groups excluding carboxylic acids is 1. The molecule has 1 aromatic rings. The number of amides is 1. The molecule has 5 heteroatoms. The van der Waals surface area contributed by atoms with Gasteiger partial charge in [0.1, 0.15) is 0 Å². The summed E-state index contributed by atoms with van der Waals surface area (Å²) in [6, 6.07) is 7.23. The van der Waals surface area contributed by atoms with Crippen molar-refractivity contribution in [1.82, 2.24) is 4.90 Å². The van der Waals surface area contributed by atoms with Gasteiger partial charge in [-0.1, -0.05) is 19.1 Å². The number of aliphatic hydroxyl groups is 1. The average Bonchev–Trinajstić information content (AvgIpc) is 2.47. The molecule has 0 saturated heterocycles. The second-order valence-electron chi connectivity index (χ2n) is 4.83. The van der Waals surface area contributed by atoms with Crippen LogP contribution in [0.2, 0.25) is 0 Å². The lowest BCUT2D eigenvalue weighted by atomic mass is 10.2. The van der Waals surface area contributed by atoms with Gasteiger partial charge in [0.25, 0.3) is 0 Å². The van der Waals surface area contributed by atoms with Crippen molar-refractivity contribution in [2.24, 2.45) is 5.73 Å². The van der Waals surface area contributed by atoms with E-state index < -0.39 is 0 Å². The number of hydrogen-bond acceptors (Lipinski definition) is 4. The van der Waals surface area contributed by atoms with Crippen molar-refractivity contribution >= 4 is 11.6 Å². The van der Waals surface area contributed by atoms with Gasteiger partial charge in [0.05, 0.1) is 12.6 Å². The summed E-state index contributed by atoms with van der Waals surface area (Å²) in [5.41, 5.74) is 7.33. The topological polar surface area (TPSA) is 78.6 Å². The number of benzene rings is 1. The van der Waals surface area contributed by atoms with E-state index in [1.54, 1.807) is 0 Å². The van der Waals surface area contributed by atoms with Gasteiger partial charge in [0.2, 0.25) is 5.91 Å². The van der Waals surface area contributed by atoms with Crippen LogP contribution in [0, 0.1) is 0 Å². The number of nitrogens with two attached hydrogens (primary N) is 1. The first kappa shape index (κ1) is 16.6. The molecule has 0 bridgehead atoms. The van der Waals surface area contributed by atoms with Crippen LogP contribution in [0.4, 0.5) is 5.69 Å². The highest BCUT2D eigenvalue weighted by atomic mass is 16.3. The highest BCUT2D eigenvalue weighted by Gasteiger charge is 2.20. The molecule has 0 aliphatic heterocycles. The number of anilines is 1. The van der Waals surface area contributed by atoms with E-state index in [1.807, 2.05) is 36.1 Å². The molecule has 1 aromatic carbocycles. The zero-order valence-electron chi connectivity index (χ0n) is 12.3. The van der Waals surface area contributed by atoms with Crippen molar-refractivity contribution in [3.05, 3.63) is 29.8 Å². The van der Waals surface area contributed by atoms with E-state index in [1.165, 1.54) is 0 Å². The fourth-order valence-corrected chi connectivity index (χ4v) is 2.05. The van der Waals surface area contributed by atoms with E-state index in [-0.39, 0.29) is 18.6 Å². The standard InChI is InChI=1S/C15H25N3O2/c1-3-8-18(9-10-19)12(2)15(20)17-14-6-4-13(11-16)5-7-14/h4-7,12,19H,3,8-11,16H2,1-2H3,(H,17,20). The third-order valence-electron chi connectivity index (χ3n) is 3.28. The minimum Gasteiger partial charge on any atom is -0.395 e. The van der Waals surface area contributed by atoms with Crippen LogP contribution < -0.4 is 11.1 Å².